The van der Waals surface area contributed by atoms with E-state index < -0.39 is 0 Å². The molecule has 2 aromatic carbocycles. The molecule has 122 valence electrons. The van der Waals surface area contributed by atoms with Crippen LogP contribution in [0.25, 0.3) is 0 Å². The number of aryl methyl sites for hydroxylation is 1. The Bertz CT molecular complexity index is 626. The number of amides is 2. The van der Waals surface area contributed by atoms with Gasteiger partial charge in [0, 0.05) is 17.6 Å². The third-order valence-electron chi connectivity index (χ3n) is 3.55. The lowest BCUT2D eigenvalue weighted by atomic mass is 10.1. The molecule has 3 N–H and O–H groups in total. The van der Waals surface area contributed by atoms with Crippen LogP contribution in [0.3, 0.4) is 0 Å². The Morgan fingerprint density at radius 1 is 1.09 bits per heavy atom. The molecule has 0 saturated heterocycles. The van der Waals surface area contributed by atoms with Crippen molar-refractivity contribution in [1.29, 1.82) is 0 Å². The summed E-state index contributed by atoms with van der Waals surface area (Å²) in [4.78, 5) is 11.9. The largest absolute Gasteiger partial charge is 0.508 e. The van der Waals surface area contributed by atoms with Crippen LogP contribution in [-0.2, 0) is 13.0 Å². The Labute approximate surface area is 141 Å². The fourth-order valence-electron chi connectivity index (χ4n) is 2.18. The first-order valence-corrected chi connectivity index (χ1v) is 7.97. The van der Waals surface area contributed by atoms with Crippen molar-refractivity contribution in [3.05, 3.63) is 64.7 Å². The van der Waals surface area contributed by atoms with Crippen LogP contribution in [0, 0.1) is 0 Å². The van der Waals surface area contributed by atoms with Crippen LogP contribution in [0.1, 0.15) is 24.5 Å². The highest BCUT2D eigenvalue weighted by molar-refractivity contribution is 6.30. The molecule has 0 fully saturated rings. The van der Waals surface area contributed by atoms with Gasteiger partial charge >= 0.3 is 6.03 Å². The van der Waals surface area contributed by atoms with Crippen LogP contribution < -0.4 is 10.6 Å². The van der Waals surface area contributed by atoms with E-state index in [1.54, 1.807) is 24.3 Å². The smallest absolute Gasteiger partial charge is 0.315 e. The molecule has 0 aliphatic heterocycles. The van der Waals surface area contributed by atoms with Crippen molar-refractivity contribution in [3.8, 4) is 5.75 Å². The zero-order chi connectivity index (χ0) is 16.7. The van der Waals surface area contributed by atoms with E-state index in [2.05, 4.69) is 10.6 Å². The van der Waals surface area contributed by atoms with Gasteiger partial charge in [-0.25, -0.2) is 4.79 Å². The number of halogens is 1. The first-order chi connectivity index (χ1) is 11.0. The minimum absolute atomic E-state index is 0.0639. The quantitative estimate of drug-likeness (QED) is 0.752. The van der Waals surface area contributed by atoms with Crippen LogP contribution >= 0.6 is 11.6 Å². The van der Waals surface area contributed by atoms with Crippen LogP contribution in [0.5, 0.6) is 5.75 Å². The van der Waals surface area contributed by atoms with Gasteiger partial charge in [0.25, 0.3) is 0 Å². The van der Waals surface area contributed by atoms with Crippen molar-refractivity contribution in [2.45, 2.75) is 32.4 Å². The monoisotopic (exact) mass is 332 g/mol. The van der Waals surface area contributed by atoms with Gasteiger partial charge < -0.3 is 15.7 Å². The maximum atomic E-state index is 11.9. The van der Waals surface area contributed by atoms with Gasteiger partial charge in [-0.1, -0.05) is 35.9 Å². The zero-order valence-corrected chi connectivity index (χ0v) is 13.8. The number of aromatic hydroxyl groups is 1. The first-order valence-electron chi connectivity index (χ1n) is 7.59. The molecule has 0 spiro atoms. The average Bonchev–Trinajstić information content (AvgIpc) is 2.54. The van der Waals surface area contributed by atoms with E-state index in [1.807, 2.05) is 31.2 Å². The van der Waals surface area contributed by atoms with Crippen molar-refractivity contribution in [2.75, 3.05) is 0 Å². The average molecular weight is 333 g/mol. The molecule has 0 bridgehead atoms. The van der Waals surface area contributed by atoms with Gasteiger partial charge in [-0.3, -0.25) is 0 Å². The minimum Gasteiger partial charge on any atom is -0.508 e. The predicted molar refractivity (Wildman–Crippen MR) is 92.7 cm³/mol. The summed E-state index contributed by atoms with van der Waals surface area (Å²) in [5, 5.41) is 15.7. The normalized spacial score (nSPS) is 11.7. The molecule has 1 unspecified atom stereocenters. The number of carbonyl (C=O) groups excluding carboxylic acids is 1. The second-order valence-corrected chi connectivity index (χ2v) is 6.00. The number of carbonyl (C=O) groups is 1. The lowest BCUT2D eigenvalue weighted by Crippen LogP contribution is -2.40. The molecule has 0 heterocycles. The summed E-state index contributed by atoms with van der Waals surface area (Å²) >= 11 is 5.82. The van der Waals surface area contributed by atoms with Gasteiger partial charge in [0.15, 0.2) is 0 Å². The maximum Gasteiger partial charge on any atom is 0.315 e. The maximum absolute atomic E-state index is 11.9. The lowest BCUT2D eigenvalue weighted by Gasteiger charge is -2.15. The number of hydrogen-bond acceptors (Lipinski definition) is 2. The minimum atomic E-state index is -0.182. The van der Waals surface area contributed by atoms with Crippen LogP contribution in [0.4, 0.5) is 4.79 Å². The Hall–Kier alpha value is -2.20. The van der Waals surface area contributed by atoms with Crippen LogP contribution in [0.2, 0.25) is 5.02 Å². The molecule has 4 nitrogen and oxygen atoms in total. The molecule has 5 heteroatoms. The van der Waals surface area contributed by atoms with Crippen molar-refractivity contribution in [1.82, 2.24) is 10.6 Å². The molecule has 0 aromatic heterocycles. The fraction of sp³-hybridized carbons (Fsp3) is 0.278. The summed E-state index contributed by atoms with van der Waals surface area (Å²) in [6.45, 7) is 2.44. The number of nitrogens with one attached hydrogen (secondary N) is 2. The van der Waals surface area contributed by atoms with E-state index in [1.165, 1.54) is 0 Å². The molecule has 0 aliphatic rings. The lowest BCUT2D eigenvalue weighted by molar-refractivity contribution is 0.237. The Kier molecular flexibility index (Phi) is 6.29. The second kappa shape index (κ2) is 8.44. The molecule has 0 saturated carbocycles. The standard InChI is InChI=1S/C18H21ClN2O2/c1-13(2-3-14-6-10-17(22)11-7-14)21-18(23)20-12-15-4-8-16(19)9-5-15/h4-11,13,22H,2-3,12H2,1H3,(H2,20,21,23). The van der Waals surface area contributed by atoms with E-state index >= 15 is 0 Å². The predicted octanol–water partition coefficient (Wildman–Crippen LogP) is 3.87. The zero-order valence-electron chi connectivity index (χ0n) is 13.1. The molecular formula is C18H21ClN2O2. The SMILES string of the molecule is CC(CCc1ccc(O)cc1)NC(=O)NCc1ccc(Cl)cc1. The third-order valence-corrected chi connectivity index (χ3v) is 3.80. The summed E-state index contributed by atoms with van der Waals surface area (Å²) in [7, 11) is 0. The molecular weight excluding hydrogens is 312 g/mol. The number of benzene rings is 2. The first kappa shape index (κ1) is 17.2. The fourth-order valence-corrected chi connectivity index (χ4v) is 2.30. The second-order valence-electron chi connectivity index (χ2n) is 5.56. The summed E-state index contributed by atoms with van der Waals surface area (Å²) in [5.41, 5.74) is 2.14. The Balaban J connectivity index is 1.69. The van der Waals surface area contributed by atoms with Gasteiger partial charge in [0.1, 0.15) is 5.75 Å². The van der Waals surface area contributed by atoms with E-state index in [9.17, 15) is 9.90 Å². The van der Waals surface area contributed by atoms with Gasteiger partial charge in [0.2, 0.25) is 0 Å². The van der Waals surface area contributed by atoms with Crippen molar-refractivity contribution < 1.29 is 9.90 Å². The molecule has 0 radical (unpaired) electrons. The van der Waals surface area contributed by atoms with Crippen LogP contribution in [0.15, 0.2) is 48.5 Å². The number of hydrogen-bond donors (Lipinski definition) is 3. The van der Waals surface area contributed by atoms with Gasteiger partial charge in [-0.2, -0.15) is 0 Å². The molecule has 23 heavy (non-hydrogen) atoms. The van der Waals surface area contributed by atoms with Crippen LogP contribution in [-0.4, -0.2) is 17.2 Å². The number of urea groups is 1. The highest BCUT2D eigenvalue weighted by Crippen LogP contribution is 2.12. The summed E-state index contributed by atoms with van der Waals surface area (Å²) in [6.07, 6.45) is 1.68. The Morgan fingerprint density at radius 3 is 2.35 bits per heavy atom. The van der Waals surface area contributed by atoms with Crippen molar-refractivity contribution >= 4 is 17.6 Å². The van der Waals surface area contributed by atoms with E-state index in [4.69, 9.17) is 11.6 Å². The van der Waals surface area contributed by atoms with E-state index in [0.717, 1.165) is 24.0 Å². The summed E-state index contributed by atoms with van der Waals surface area (Å²) in [6, 6.07) is 14.4. The number of rotatable bonds is 6. The highest BCUT2D eigenvalue weighted by Gasteiger charge is 2.07. The molecule has 2 amide bonds. The van der Waals surface area contributed by atoms with Gasteiger partial charge in [-0.05, 0) is 55.2 Å². The molecule has 0 aliphatic carbocycles. The Morgan fingerprint density at radius 2 is 1.70 bits per heavy atom. The van der Waals surface area contributed by atoms with Crippen molar-refractivity contribution in [3.63, 3.8) is 0 Å². The van der Waals surface area contributed by atoms with Gasteiger partial charge in [-0.15, -0.1) is 0 Å². The topological polar surface area (TPSA) is 61.4 Å². The molecule has 1 atom stereocenters. The third kappa shape index (κ3) is 6.20. The van der Waals surface area contributed by atoms with E-state index in [0.29, 0.717) is 11.6 Å². The number of phenols is 1. The summed E-state index contributed by atoms with van der Waals surface area (Å²) < 4.78 is 0. The van der Waals surface area contributed by atoms with Crippen molar-refractivity contribution in [2.24, 2.45) is 0 Å². The summed E-state index contributed by atoms with van der Waals surface area (Å²) in [5.74, 6) is 0.265. The molecule has 2 rings (SSSR count). The van der Waals surface area contributed by atoms with E-state index in [-0.39, 0.29) is 17.8 Å². The molecule has 2 aromatic rings. The highest BCUT2D eigenvalue weighted by atomic mass is 35.5. The number of phenolic OH excluding ortho intramolecular Hbond substituents is 1. The van der Waals surface area contributed by atoms with Gasteiger partial charge in [0.05, 0.1) is 0 Å².